The molecule has 10 heteroatoms. The lowest BCUT2D eigenvalue weighted by Gasteiger charge is -2.23. The Morgan fingerprint density at radius 3 is 2.16 bits per heavy atom. The first-order valence-corrected chi connectivity index (χ1v) is 11.7. The Kier molecular flexibility index (Phi) is 9.10. The Bertz CT molecular complexity index is 1180. The fourth-order valence-corrected chi connectivity index (χ4v) is 3.38. The van der Waals surface area contributed by atoms with E-state index in [1.54, 1.807) is 42.6 Å². The number of hydrogen-bond acceptors (Lipinski definition) is 5. The maximum atomic E-state index is 12.8. The van der Waals surface area contributed by atoms with Gasteiger partial charge in [0.1, 0.15) is 6.61 Å². The molecule has 1 aromatic heterocycles. The van der Waals surface area contributed by atoms with Crippen LogP contribution in [0.4, 0.5) is 18.9 Å². The molecule has 1 amide bonds. The zero-order valence-corrected chi connectivity index (χ0v) is 20.4. The number of pyridine rings is 1. The predicted molar refractivity (Wildman–Crippen MR) is 133 cm³/mol. The molecule has 0 aliphatic carbocycles. The molecule has 0 saturated heterocycles. The van der Waals surface area contributed by atoms with Crippen LogP contribution in [-0.2, 0) is 11.0 Å². The number of hydrogen-bond donors (Lipinski definition) is 3. The minimum absolute atomic E-state index is 0.0558. The maximum absolute atomic E-state index is 12.8. The van der Waals surface area contributed by atoms with Crippen molar-refractivity contribution in [2.24, 2.45) is 5.92 Å². The van der Waals surface area contributed by atoms with Crippen molar-refractivity contribution in [2.45, 2.75) is 32.5 Å². The molecule has 0 radical (unpaired) electrons. The lowest BCUT2D eigenvalue weighted by Crippen LogP contribution is -2.32. The third-order valence-electron chi connectivity index (χ3n) is 5.62. The standard InChI is InChI=1S/C27H28F3N3O4/c1-17(2)23(33-22-10-5-19(6-11-22)26(36)31-14-13-25(34)35)16-37-24-12-7-20(15-32-24)18-3-8-21(9-4-18)27(28,29)30/h3-12,15,17,23,33H,13-14,16H2,1-2H3,(H,31,36)(H,34,35). The van der Waals surface area contributed by atoms with Crippen LogP contribution >= 0.6 is 0 Å². The van der Waals surface area contributed by atoms with Crippen LogP contribution in [0, 0.1) is 5.92 Å². The first-order valence-electron chi connectivity index (χ1n) is 11.7. The number of alkyl halides is 3. The van der Waals surface area contributed by atoms with E-state index in [0.717, 1.165) is 17.8 Å². The van der Waals surface area contributed by atoms with Crippen LogP contribution in [0.1, 0.15) is 36.2 Å². The van der Waals surface area contributed by atoms with Gasteiger partial charge in [-0.1, -0.05) is 26.0 Å². The molecule has 7 nitrogen and oxygen atoms in total. The minimum Gasteiger partial charge on any atom is -0.481 e. The lowest BCUT2D eigenvalue weighted by atomic mass is 10.0. The third kappa shape index (κ3) is 8.23. The number of halogens is 3. The van der Waals surface area contributed by atoms with E-state index in [4.69, 9.17) is 9.84 Å². The van der Waals surface area contributed by atoms with Crippen LogP contribution < -0.4 is 15.4 Å². The van der Waals surface area contributed by atoms with Gasteiger partial charge in [-0.25, -0.2) is 4.98 Å². The molecule has 2 aromatic carbocycles. The van der Waals surface area contributed by atoms with Crippen LogP contribution in [-0.4, -0.2) is 41.2 Å². The molecule has 0 spiro atoms. The van der Waals surface area contributed by atoms with Crippen LogP contribution in [0.2, 0.25) is 0 Å². The predicted octanol–water partition coefficient (Wildman–Crippen LogP) is 5.49. The summed E-state index contributed by atoms with van der Waals surface area (Å²) in [6.45, 7) is 4.43. The smallest absolute Gasteiger partial charge is 0.416 e. The van der Waals surface area contributed by atoms with Gasteiger partial charge in [-0.05, 0) is 53.9 Å². The van der Waals surface area contributed by atoms with Gasteiger partial charge in [0.25, 0.3) is 5.91 Å². The monoisotopic (exact) mass is 515 g/mol. The van der Waals surface area contributed by atoms with E-state index < -0.39 is 17.7 Å². The highest BCUT2D eigenvalue weighted by atomic mass is 19.4. The van der Waals surface area contributed by atoms with E-state index in [1.807, 2.05) is 13.8 Å². The number of carbonyl (C=O) groups is 2. The molecule has 0 saturated carbocycles. The number of carboxylic acid groups (broad SMARTS) is 1. The van der Waals surface area contributed by atoms with Gasteiger partial charge in [-0.3, -0.25) is 9.59 Å². The highest BCUT2D eigenvalue weighted by Gasteiger charge is 2.30. The third-order valence-corrected chi connectivity index (χ3v) is 5.62. The van der Waals surface area contributed by atoms with Crippen LogP contribution in [0.3, 0.4) is 0 Å². The summed E-state index contributed by atoms with van der Waals surface area (Å²) in [5, 5.41) is 14.6. The quantitative estimate of drug-likeness (QED) is 0.312. The molecule has 3 aromatic rings. The summed E-state index contributed by atoms with van der Waals surface area (Å²) in [4.78, 5) is 26.9. The zero-order valence-electron chi connectivity index (χ0n) is 20.4. The first-order chi connectivity index (χ1) is 17.5. The minimum atomic E-state index is -4.38. The summed E-state index contributed by atoms with van der Waals surface area (Å²) in [5.41, 5.74) is 1.80. The van der Waals surface area contributed by atoms with Crippen molar-refractivity contribution in [3.63, 3.8) is 0 Å². The summed E-state index contributed by atoms with van der Waals surface area (Å²) in [7, 11) is 0. The largest absolute Gasteiger partial charge is 0.481 e. The highest BCUT2D eigenvalue weighted by molar-refractivity contribution is 5.94. The van der Waals surface area contributed by atoms with Gasteiger partial charge >= 0.3 is 12.1 Å². The average Bonchev–Trinajstić information content (AvgIpc) is 2.86. The Labute approximate surface area is 212 Å². The average molecular weight is 516 g/mol. The summed E-state index contributed by atoms with van der Waals surface area (Å²) in [6.07, 6.45) is -2.97. The van der Waals surface area contributed by atoms with Crippen molar-refractivity contribution in [3.05, 3.63) is 78.0 Å². The van der Waals surface area contributed by atoms with Gasteiger partial charge in [0.05, 0.1) is 18.0 Å². The Morgan fingerprint density at radius 2 is 1.62 bits per heavy atom. The molecule has 196 valence electrons. The SMILES string of the molecule is CC(C)C(COc1ccc(-c2ccc(C(F)(F)F)cc2)cn1)Nc1ccc(C(=O)NCCC(=O)O)cc1. The van der Waals surface area contributed by atoms with Gasteiger partial charge < -0.3 is 20.5 Å². The number of carboxylic acids is 1. The molecule has 0 aliphatic rings. The molecule has 1 heterocycles. The van der Waals surface area contributed by atoms with E-state index in [-0.39, 0.29) is 30.8 Å². The fourth-order valence-electron chi connectivity index (χ4n) is 3.38. The fraction of sp³-hybridized carbons (Fsp3) is 0.296. The van der Waals surface area contributed by atoms with Crippen LogP contribution in [0.15, 0.2) is 66.9 Å². The summed E-state index contributed by atoms with van der Waals surface area (Å²) < 4.78 is 44.1. The molecule has 1 unspecified atom stereocenters. The summed E-state index contributed by atoms with van der Waals surface area (Å²) >= 11 is 0. The van der Waals surface area contributed by atoms with E-state index in [1.165, 1.54) is 12.1 Å². The van der Waals surface area contributed by atoms with Crippen molar-refractivity contribution >= 4 is 17.6 Å². The second-order valence-corrected chi connectivity index (χ2v) is 8.74. The first kappa shape index (κ1) is 27.5. The topological polar surface area (TPSA) is 101 Å². The van der Waals surface area contributed by atoms with Crippen molar-refractivity contribution in [3.8, 4) is 17.0 Å². The van der Waals surface area contributed by atoms with Crippen molar-refractivity contribution in [2.75, 3.05) is 18.5 Å². The van der Waals surface area contributed by atoms with Crippen LogP contribution in [0.25, 0.3) is 11.1 Å². The summed E-state index contributed by atoms with van der Waals surface area (Å²) in [5.74, 6) is -0.739. The molecule has 37 heavy (non-hydrogen) atoms. The number of ether oxygens (including phenoxy) is 1. The number of benzene rings is 2. The van der Waals surface area contributed by atoms with Crippen molar-refractivity contribution < 1.29 is 32.6 Å². The number of nitrogens with one attached hydrogen (secondary N) is 2. The lowest BCUT2D eigenvalue weighted by molar-refractivity contribution is -0.138. The van der Waals surface area contributed by atoms with E-state index in [9.17, 15) is 22.8 Å². The number of rotatable bonds is 11. The van der Waals surface area contributed by atoms with Gasteiger partial charge in [-0.2, -0.15) is 13.2 Å². The second kappa shape index (κ2) is 12.2. The second-order valence-electron chi connectivity index (χ2n) is 8.74. The highest BCUT2D eigenvalue weighted by Crippen LogP contribution is 2.31. The van der Waals surface area contributed by atoms with Crippen molar-refractivity contribution in [1.82, 2.24) is 10.3 Å². The number of aliphatic carboxylic acids is 1. The van der Waals surface area contributed by atoms with Crippen LogP contribution in [0.5, 0.6) is 5.88 Å². The molecule has 0 bridgehead atoms. The van der Waals surface area contributed by atoms with E-state index in [0.29, 0.717) is 29.2 Å². The number of nitrogens with zero attached hydrogens (tertiary/aromatic N) is 1. The normalized spacial score (nSPS) is 12.2. The number of carbonyl (C=O) groups excluding carboxylic acids is 1. The molecule has 3 N–H and O–H groups in total. The Balaban J connectivity index is 1.55. The molecular formula is C27H28F3N3O4. The molecular weight excluding hydrogens is 487 g/mol. The number of anilines is 1. The van der Waals surface area contributed by atoms with E-state index >= 15 is 0 Å². The summed E-state index contributed by atoms with van der Waals surface area (Å²) in [6, 6.07) is 15.0. The number of amides is 1. The Morgan fingerprint density at radius 1 is 0.973 bits per heavy atom. The molecule has 0 fully saturated rings. The Hall–Kier alpha value is -4.08. The maximum Gasteiger partial charge on any atom is 0.416 e. The van der Waals surface area contributed by atoms with E-state index in [2.05, 4.69) is 15.6 Å². The molecule has 0 aliphatic heterocycles. The van der Waals surface area contributed by atoms with Crippen molar-refractivity contribution in [1.29, 1.82) is 0 Å². The van der Waals surface area contributed by atoms with Gasteiger partial charge in [-0.15, -0.1) is 0 Å². The molecule has 1 atom stereocenters. The van der Waals surface area contributed by atoms with Gasteiger partial charge in [0, 0.05) is 35.6 Å². The zero-order chi connectivity index (χ0) is 27.0. The van der Waals surface area contributed by atoms with Gasteiger partial charge in [0.15, 0.2) is 0 Å². The number of aromatic nitrogens is 1. The van der Waals surface area contributed by atoms with Gasteiger partial charge in [0.2, 0.25) is 5.88 Å². The molecule has 3 rings (SSSR count).